The number of oxazole rings is 1. The van der Waals surface area contributed by atoms with Gasteiger partial charge in [-0.3, -0.25) is 4.79 Å². The van der Waals surface area contributed by atoms with Crippen molar-refractivity contribution in [1.82, 2.24) is 4.98 Å². The average molecular weight is 380 g/mol. The summed E-state index contributed by atoms with van der Waals surface area (Å²) >= 11 is 0. The van der Waals surface area contributed by atoms with Crippen molar-refractivity contribution < 1.29 is 13.6 Å². The molecule has 1 N–H and O–H groups in total. The molecular weight excluding hydrogens is 364 g/mol. The number of furan rings is 1. The lowest BCUT2D eigenvalue weighted by Crippen LogP contribution is -2.11. The van der Waals surface area contributed by atoms with Crippen LogP contribution in [0.1, 0.15) is 10.4 Å². The van der Waals surface area contributed by atoms with Crippen LogP contribution in [-0.2, 0) is 0 Å². The van der Waals surface area contributed by atoms with Crippen LogP contribution in [-0.4, -0.2) is 10.9 Å². The van der Waals surface area contributed by atoms with Gasteiger partial charge < -0.3 is 14.2 Å². The first-order chi connectivity index (χ1) is 14.3. The quantitative estimate of drug-likeness (QED) is 0.415. The van der Waals surface area contributed by atoms with Crippen LogP contribution >= 0.6 is 0 Å². The lowest BCUT2D eigenvalue weighted by atomic mass is 10.1. The van der Waals surface area contributed by atoms with E-state index in [0.29, 0.717) is 22.7 Å². The number of hydrogen-bond acceptors (Lipinski definition) is 4. The molecule has 2 heterocycles. The molecule has 0 aliphatic carbocycles. The van der Waals surface area contributed by atoms with E-state index in [4.69, 9.17) is 8.83 Å². The number of nitrogens with zero attached hydrogens (tertiary/aromatic N) is 1. The maximum atomic E-state index is 12.4. The second kappa shape index (κ2) is 7.13. The molecule has 0 aliphatic heterocycles. The number of fused-ring (bicyclic) bond motifs is 1. The molecule has 5 rings (SSSR count). The summed E-state index contributed by atoms with van der Waals surface area (Å²) < 4.78 is 11.4. The highest BCUT2D eigenvalue weighted by Gasteiger charge is 2.12. The summed E-state index contributed by atoms with van der Waals surface area (Å²) in [6, 6.07) is 26.0. The smallest absolute Gasteiger partial charge is 0.255 e. The molecule has 0 bridgehead atoms. The second-order valence-electron chi connectivity index (χ2n) is 6.58. The van der Waals surface area contributed by atoms with Crippen LogP contribution in [0, 0.1) is 0 Å². The first-order valence-corrected chi connectivity index (χ1v) is 9.17. The number of anilines is 1. The van der Waals surface area contributed by atoms with E-state index in [1.807, 2.05) is 72.8 Å². The minimum absolute atomic E-state index is 0.164. The van der Waals surface area contributed by atoms with E-state index in [2.05, 4.69) is 10.3 Å². The van der Waals surface area contributed by atoms with Crippen molar-refractivity contribution in [3.05, 3.63) is 96.8 Å². The summed E-state index contributed by atoms with van der Waals surface area (Å²) in [4.78, 5) is 17.0. The summed E-state index contributed by atoms with van der Waals surface area (Å²) in [6.45, 7) is 0. The summed E-state index contributed by atoms with van der Waals surface area (Å²) in [7, 11) is 0. The number of benzene rings is 3. The summed E-state index contributed by atoms with van der Waals surface area (Å²) in [5.74, 6) is 1.10. The zero-order valence-corrected chi connectivity index (χ0v) is 15.3. The fourth-order valence-corrected chi connectivity index (χ4v) is 3.17. The minimum atomic E-state index is -0.164. The number of aromatic nitrogens is 1. The summed E-state index contributed by atoms with van der Waals surface area (Å²) in [6.07, 6.45) is 1.64. The molecule has 3 aromatic carbocycles. The van der Waals surface area contributed by atoms with E-state index >= 15 is 0 Å². The Morgan fingerprint density at radius 3 is 2.55 bits per heavy atom. The van der Waals surface area contributed by atoms with Gasteiger partial charge in [0.2, 0.25) is 5.89 Å². The topological polar surface area (TPSA) is 68.3 Å². The van der Waals surface area contributed by atoms with E-state index < -0.39 is 0 Å². The Balaban J connectivity index is 1.44. The predicted molar refractivity (Wildman–Crippen MR) is 112 cm³/mol. The van der Waals surface area contributed by atoms with Crippen LogP contribution in [0.25, 0.3) is 33.9 Å². The van der Waals surface area contributed by atoms with Crippen LogP contribution < -0.4 is 5.32 Å². The SMILES string of the molecule is O=C(Nc1cccc(-c2nc3ccc(-c4ccco4)cc3o2)c1)c1ccccc1. The van der Waals surface area contributed by atoms with Crippen molar-refractivity contribution in [3.8, 4) is 22.8 Å². The van der Waals surface area contributed by atoms with Gasteiger partial charge in [0.15, 0.2) is 5.58 Å². The number of carbonyl (C=O) groups is 1. The monoisotopic (exact) mass is 380 g/mol. The molecule has 140 valence electrons. The number of carbonyl (C=O) groups excluding carboxylic acids is 1. The lowest BCUT2D eigenvalue weighted by Gasteiger charge is -2.06. The molecule has 29 heavy (non-hydrogen) atoms. The predicted octanol–water partition coefficient (Wildman–Crippen LogP) is 6.01. The van der Waals surface area contributed by atoms with E-state index in [1.165, 1.54) is 0 Å². The highest BCUT2D eigenvalue weighted by atomic mass is 16.3. The summed E-state index contributed by atoms with van der Waals surface area (Å²) in [5.41, 5.74) is 4.42. The maximum Gasteiger partial charge on any atom is 0.255 e. The number of hydrogen-bond donors (Lipinski definition) is 1. The molecule has 0 saturated carbocycles. The first kappa shape index (κ1) is 17.0. The Labute approximate surface area is 166 Å². The van der Waals surface area contributed by atoms with Gasteiger partial charge in [0.05, 0.1) is 6.26 Å². The van der Waals surface area contributed by atoms with Gasteiger partial charge in [0.1, 0.15) is 11.3 Å². The Hall–Kier alpha value is -4.12. The van der Waals surface area contributed by atoms with Crippen LogP contribution in [0.5, 0.6) is 0 Å². The molecule has 0 atom stereocenters. The highest BCUT2D eigenvalue weighted by Crippen LogP contribution is 2.29. The molecule has 0 saturated heterocycles. The Morgan fingerprint density at radius 1 is 0.828 bits per heavy atom. The van der Waals surface area contributed by atoms with Crippen molar-refractivity contribution in [2.24, 2.45) is 0 Å². The van der Waals surface area contributed by atoms with Crippen LogP contribution in [0.4, 0.5) is 5.69 Å². The van der Waals surface area contributed by atoms with E-state index in [-0.39, 0.29) is 5.91 Å². The van der Waals surface area contributed by atoms with Gasteiger partial charge in [-0.25, -0.2) is 4.98 Å². The second-order valence-corrected chi connectivity index (χ2v) is 6.58. The Kier molecular flexibility index (Phi) is 4.18. The van der Waals surface area contributed by atoms with Gasteiger partial charge in [-0.05, 0) is 60.7 Å². The van der Waals surface area contributed by atoms with E-state index in [0.717, 1.165) is 22.4 Å². The van der Waals surface area contributed by atoms with Gasteiger partial charge in [-0.2, -0.15) is 0 Å². The van der Waals surface area contributed by atoms with E-state index in [1.54, 1.807) is 18.4 Å². The zero-order chi connectivity index (χ0) is 19.6. The zero-order valence-electron chi connectivity index (χ0n) is 15.3. The lowest BCUT2D eigenvalue weighted by molar-refractivity contribution is 0.102. The fourth-order valence-electron chi connectivity index (χ4n) is 3.17. The summed E-state index contributed by atoms with van der Waals surface area (Å²) in [5, 5.41) is 2.91. The third kappa shape index (κ3) is 3.41. The Morgan fingerprint density at radius 2 is 1.72 bits per heavy atom. The molecule has 2 aromatic heterocycles. The van der Waals surface area contributed by atoms with Crippen LogP contribution in [0.2, 0.25) is 0 Å². The van der Waals surface area contributed by atoms with Gasteiger partial charge in [0.25, 0.3) is 5.91 Å². The highest BCUT2D eigenvalue weighted by molar-refractivity contribution is 6.04. The molecular formula is C24H16N2O3. The van der Waals surface area contributed by atoms with Crippen molar-refractivity contribution >= 4 is 22.7 Å². The van der Waals surface area contributed by atoms with E-state index in [9.17, 15) is 4.79 Å². The molecule has 0 unspecified atom stereocenters. The first-order valence-electron chi connectivity index (χ1n) is 9.17. The molecule has 0 radical (unpaired) electrons. The van der Waals surface area contributed by atoms with Crippen molar-refractivity contribution in [3.63, 3.8) is 0 Å². The van der Waals surface area contributed by atoms with Crippen molar-refractivity contribution in [2.45, 2.75) is 0 Å². The van der Waals surface area contributed by atoms with Crippen LogP contribution in [0.3, 0.4) is 0 Å². The van der Waals surface area contributed by atoms with Gasteiger partial charge in [-0.1, -0.05) is 24.3 Å². The standard InChI is InChI=1S/C24H16N2O3/c27-23(16-6-2-1-3-7-16)25-19-9-4-8-18(14-19)24-26-20-12-11-17(15-22(20)29-24)21-10-5-13-28-21/h1-15H,(H,25,27). The molecule has 0 aliphatic rings. The van der Waals surface area contributed by atoms with Gasteiger partial charge in [-0.15, -0.1) is 0 Å². The van der Waals surface area contributed by atoms with Crippen LogP contribution in [0.15, 0.2) is 100 Å². The van der Waals surface area contributed by atoms with Gasteiger partial charge >= 0.3 is 0 Å². The van der Waals surface area contributed by atoms with Crippen molar-refractivity contribution in [2.75, 3.05) is 5.32 Å². The number of amides is 1. The maximum absolute atomic E-state index is 12.4. The third-order valence-corrected chi connectivity index (χ3v) is 4.60. The Bertz CT molecular complexity index is 1290. The molecule has 5 heteroatoms. The fraction of sp³-hybridized carbons (Fsp3) is 0. The number of nitrogens with one attached hydrogen (secondary N) is 1. The normalized spacial score (nSPS) is 10.9. The molecule has 0 fully saturated rings. The molecule has 5 aromatic rings. The molecule has 5 nitrogen and oxygen atoms in total. The van der Waals surface area contributed by atoms with Crippen molar-refractivity contribution in [1.29, 1.82) is 0 Å². The molecule has 0 spiro atoms. The largest absolute Gasteiger partial charge is 0.464 e. The molecule has 1 amide bonds. The minimum Gasteiger partial charge on any atom is -0.464 e. The van der Waals surface area contributed by atoms with Gasteiger partial charge in [0, 0.05) is 22.4 Å². The number of rotatable bonds is 4. The average Bonchev–Trinajstić information content (AvgIpc) is 3.44. The third-order valence-electron chi connectivity index (χ3n) is 4.60.